The van der Waals surface area contributed by atoms with E-state index in [1.807, 2.05) is 19.9 Å². The summed E-state index contributed by atoms with van der Waals surface area (Å²) in [7, 11) is -3.46. The number of sulfone groups is 1. The van der Waals surface area contributed by atoms with E-state index in [-0.39, 0.29) is 35.1 Å². The van der Waals surface area contributed by atoms with Crippen LogP contribution < -0.4 is 16.4 Å². The van der Waals surface area contributed by atoms with Gasteiger partial charge in [-0.15, -0.1) is 0 Å². The van der Waals surface area contributed by atoms with E-state index < -0.39 is 15.7 Å². The number of anilines is 1. The van der Waals surface area contributed by atoms with E-state index in [0.717, 1.165) is 17.4 Å². The number of carbonyl (C=O) groups is 1. The summed E-state index contributed by atoms with van der Waals surface area (Å²) >= 11 is 0. The smallest absolute Gasteiger partial charge is 0.256 e. The number of nitrogens with two attached hydrogens (primary N) is 1. The molecule has 0 aliphatic heterocycles. The summed E-state index contributed by atoms with van der Waals surface area (Å²) < 4.78 is 25.2. The monoisotopic (exact) mass is 457 g/mol. The predicted molar refractivity (Wildman–Crippen MR) is 122 cm³/mol. The van der Waals surface area contributed by atoms with Gasteiger partial charge in [0.2, 0.25) is 0 Å². The molecule has 170 valence electrons. The van der Waals surface area contributed by atoms with Crippen molar-refractivity contribution in [3.05, 3.63) is 63.6 Å². The summed E-state index contributed by atoms with van der Waals surface area (Å²) in [6.07, 6.45) is 4.60. The molecule has 0 bridgehead atoms. The van der Waals surface area contributed by atoms with E-state index in [1.54, 1.807) is 19.1 Å². The summed E-state index contributed by atoms with van der Waals surface area (Å²) in [5.74, 6) is -0.0602. The van der Waals surface area contributed by atoms with Crippen molar-refractivity contribution in [2.24, 2.45) is 0 Å². The van der Waals surface area contributed by atoms with Crippen molar-refractivity contribution in [2.75, 3.05) is 12.0 Å². The Morgan fingerprint density at radius 3 is 2.62 bits per heavy atom. The quantitative estimate of drug-likeness (QED) is 0.480. The zero-order valence-corrected chi connectivity index (χ0v) is 19.4. The molecule has 0 unspecified atom stereocenters. The predicted octanol–water partition coefficient (Wildman–Crippen LogP) is 1.68. The Morgan fingerprint density at radius 1 is 1.38 bits per heavy atom. The highest BCUT2D eigenvalue weighted by atomic mass is 32.2. The summed E-state index contributed by atoms with van der Waals surface area (Å²) in [5, 5.41) is 19.1. The van der Waals surface area contributed by atoms with Crippen LogP contribution in [-0.4, -0.2) is 35.3 Å². The zero-order valence-electron chi connectivity index (χ0n) is 18.6. The Bertz CT molecular complexity index is 1200. The van der Waals surface area contributed by atoms with Gasteiger partial charge < -0.3 is 16.4 Å². The molecule has 0 aromatic carbocycles. The lowest BCUT2D eigenvalue weighted by Gasteiger charge is -2.12. The van der Waals surface area contributed by atoms with Crippen LogP contribution in [0.3, 0.4) is 0 Å². The largest absolute Gasteiger partial charge is 0.384 e. The van der Waals surface area contributed by atoms with Crippen LogP contribution >= 0.6 is 0 Å². The molecule has 0 fully saturated rings. The van der Waals surface area contributed by atoms with Gasteiger partial charge in [0.1, 0.15) is 18.6 Å². The van der Waals surface area contributed by atoms with Crippen LogP contribution in [0.5, 0.6) is 0 Å². The Kier molecular flexibility index (Phi) is 7.77. The molecule has 32 heavy (non-hydrogen) atoms. The van der Waals surface area contributed by atoms with Crippen LogP contribution in [-0.2, 0) is 23.1 Å². The van der Waals surface area contributed by atoms with Crippen molar-refractivity contribution in [3.63, 3.8) is 0 Å². The molecule has 4 N–H and O–H groups in total. The number of allylic oxidation sites excluding steroid dienone is 1. The van der Waals surface area contributed by atoms with Gasteiger partial charge in [-0.05, 0) is 37.5 Å². The first-order chi connectivity index (χ1) is 15.0. The number of hydrogen-bond acceptors (Lipinski definition) is 8. The van der Waals surface area contributed by atoms with Gasteiger partial charge in [0, 0.05) is 30.4 Å². The van der Waals surface area contributed by atoms with Crippen LogP contribution in [0, 0.1) is 25.2 Å². The molecule has 10 nitrogen and oxygen atoms in total. The highest BCUT2D eigenvalue weighted by Crippen LogP contribution is 2.16. The lowest BCUT2D eigenvalue weighted by Crippen LogP contribution is -2.24. The molecule has 0 spiro atoms. The molecule has 0 saturated carbocycles. The number of rotatable bonds is 9. The SMILES string of the molecule is C=C(NCn1cc(C(=O)NCc2c(C)cc(N)nc2C)c(C#N)n1)/C(=C\CC)S(C)(=O)=O. The first-order valence-corrected chi connectivity index (χ1v) is 11.7. The molecule has 11 heteroatoms. The number of nitriles is 1. The Balaban J connectivity index is 2.13. The van der Waals surface area contributed by atoms with Crippen molar-refractivity contribution in [1.82, 2.24) is 25.4 Å². The number of amides is 1. The average Bonchev–Trinajstić information content (AvgIpc) is 3.12. The summed E-state index contributed by atoms with van der Waals surface area (Å²) in [5.41, 5.74) is 8.44. The minimum Gasteiger partial charge on any atom is -0.384 e. The van der Waals surface area contributed by atoms with Gasteiger partial charge in [0.25, 0.3) is 5.91 Å². The summed E-state index contributed by atoms with van der Waals surface area (Å²) in [6.45, 7) is 9.51. The Morgan fingerprint density at radius 2 is 2.06 bits per heavy atom. The van der Waals surface area contributed by atoms with E-state index >= 15 is 0 Å². The molecule has 0 aliphatic rings. The third-order valence-corrected chi connectivity index (χ3v) is 5.86. The van der Waals surface area contributed by atoms with Crippen molar-refractivity contribution >= 4 is 21.6 Å². The molecule has 2 aromatic rings. The summed E-state index contributed by atoms with van der Waals surface area (Å²) in [4.78, 5) is 17.0. The molecule has 2 aromatic heterocycles. The molecule has 0 atom stereocenters. The number of hydrogen-bond donors (Lipinski definition) is 3. The molecule has 0 saturated heterocycles. The summed E-state index contributed by atoms with van der Waals surface area (Å²) in [6, 6.07) is 3.63. The minimum absolute atomic E-state index is 0.0253. The van der Waals surface area contributed by atoms with E-state index in [0.29, 0.717) is 17.9 Å². The van der Waals surface area contributed by atoms with Crippen molar-refractivity contribution in [3.8, 4) is 6.07 Å². The third-order valence-electron chi connectivity index (χ3n) is 4.65. The Hall–Kier alpha value is -3.65. The maximum atomic E-state index is 12.7. The molecule has 2 heterocycles. The highest BCUT2D eigenvalue weighted by molar-refractivity contribution is 7.94. The first-order valence-electron chi connectivity index (χ1n) is 9.79. The van der Waals surface area contributed by atoms with E-state index in [9.17, 15) is 18.5 Å². The molecule has 0 aliphatic carbocycles. The fraction of sp³-hybridized carbons (Fsp3) is 0.333. The number of aryl methyl sites for hydroxylation is 2. The second kappa shape index (κ2) is 10.1. The normalized spacial score (nSPS) is 11.7. The van der Waals surface area contributed by atoms with Crippen molar-refractivity contribution < 1.29 is 13.2 Å². The van der Waals surface area contributed by atoms with E-state index in [2.05, 4.69) is 27.3 Å². The van der Waals surface area contributed by atoms with Crippen LogP contribution in [0.4, 0.5) is 5.82 Å². The molecular formula is C21H27N7O3S. The van der Waals surface area contributed by atoms with Crippen LogP contribution in [0.25, 0.3) is 0 Å². The lowest BCUT2D eigenvalue weighted by atomic mass is 10.1. The second-order valence-electron chi connectivity index (χ2n) is 7.22. The van der Waals surface area contributed by atoms with Gasteiger partial charge in [0.15, 0.2) is 15.5 Å². The average molecular weight is 458 g/mol. The highest BCUT2D eigenvalue weighted by Gasteiger charge is 2.18. The molecule has 0 radical (unpaired) electrons. The standard InChI is InChI=1S/C21H27N7O3S/c1-6-7-19(32(5,30)31)15(4)25-12-28-11-17(18(9-22)27-28)21(29)24-10-16-13(2)8-20(23)26-14(16)3/h7-8,11,25H,4,6,10,12H2,1-3,5H3,(H2,23,26)(H,24,29)/b19-7+. The van der Waals surface area contributed by atoms with Gasteiger partial charge in [-0.25, -0.2) is 13.4 Å². The number of nitrogens with zero attached hydrogens (tertiary/aromatic N) is 4. The number of aromatic nitrogens is 3. The minimum atomic E-state index is -3.46. The van der Waals surface area contributed by atoms with E-state index in [1.165, 1.54) is 10.9 Å². The Labute approximate surface area is 187 Å². The maximum Gasteiger partial charge on any atom is 0.256 e. The van der Waals surface area contributed by atoms with Crippen LogP contribution in [0.2, 0.25) is 0 Å². The van der Waals surface area contributed by atoms with Gasteiger partial charge in [-0.3, -0.25) is 9.48 Å². The number of nitrogens with one attached hydrogen (secondary N) is 2. The number of nitrogen functional groups attached to an aromatic ring is 1. The van der Waals surface area contributed by atoms with Gasteiger partial charge in [-0.1, -0.05) is 19.6 Å². The van der Waals surface area contributed by atoms with Gasteiger partial charge >= 0.3 is 0 Å². The maximum absolute atomic E-state index is 12.7. The number of carbonyl (C=O) groups excluding carboxylic acids is 1. The fourth-order valence-corrected chi connectivity index (χ4v) is 4.11. The van der Waals surface area contributed by atoms with Crippen LogP contribution in [0.1, 0.15) is 46.2 Å². The molecular weight excluding hydrogens is 430 g/mol. The lowest BCUT2D eigenvalue weighted by molar-refractivity contribution is 0.0950. The third kappa shape index (κ3) is 5.95. The van der Waals surface area contributed by atoms with Gasteiger partial charge in [0.05, 0.1) is 10.5 Å². The topological polar surface area (TPSA) is 156 Å². The van der Waals surface area contributed by atoms with E-state index in [4.69, 9.17) is 5.73 Å². The van der Waals surface area contributed by atoms with Gasteiger partial charge in [-0.2, -0.15) is 10.4 Å². The number of pyridine rings is 1. The van der Waals surface area contributed by atoms with Crippen molar-refractivity contribution in [2.45, 2.75) is 40.4 Å². The van der Waals surface area contributed by atoms with Crippen molar-refractivity contribution in [1.29, 1.82) is 5.26 Å². The van der Waals surface area contributed by atoms with Crippen LogP contribution in [0.15, 0.2) is 35.5 Å². The zero-order chi connectivity index (χ0) is 24.1. The molecule has 2 rings (SSSR count). The first kappa shape index (κ1) is 24.6. The second-order valence-corrected chi connectivity index (χ2v) is 9.20. The fourth-order valence-electron chi connectivity index (χ4n) is 3.12. The molecule has 1 amide bonds.